The monoisotopic (exact) mass is 297 g/mol. The van der Waals surface area contributed by atoms with Crippen LogP contribution in [-0.2, 0) is 5.75 Å². The molecule has 5 heteroatoms. The molecule has 0 bridgehead atoms. The lowest BCUT2D eigenvalue weighted by Crippen LogP contribution is -1.94. The second-order valence-electron chi connectivity index (χ2n) is 4.56. The Balaban J connectivity index is 1.87. The van der Waals surface area contributed by atoms with Gasteiger partial charge < -0.3 is 10.5 Å². The van der Waals surface area contributed by atoms with Crippen LogP contribution in [0.15, 0.2) is 53.8 Å². The number of nitrogens with two attached hydrogens (primary N) is 1. The van der Waals surface area contributed by atoms with E-state index in [0.717, 1.165) is 33.0 Å². The van der Waals surface area contributed by atoms with E-state index in [1.807, 2.05) is 42.5 Å². The van der Waals surface area contributed by atoms with Crippen LogP contribution >= 0.6 is 11.8 Å². The standard InChI is InChI=1S/C16H15N3OS/c1-20-15-8-12(17)7-6-11(15)9-21-16-13-4-2-3-5-14(13)18-10-19-16/h2-8,10H,9,17H2,1H3. The summed E-state index contributed by atoms with van der Waals surface area (Å²) in [6.45, 7) is 0. The Bertz CT molecular complexity index is 771. The Morgan fingerprint density at radius 1 is 1.14 bits per heavy atom. The number of rotatable bonds is 4. The zero-order valence-electron chi connectivity index (χ0n) is 11.6. The van der Waals surface area contributed by atoms with E-state index in [4.69, 9.17) is 10.5 Å². The fraction of sp³-hybridized carbons (Fsp3) is 0.125. The first kappa shape index (κ1) is 13.7. The molecule has 21 heavy (non-hydrogen) atoms. The Hall–Kier alpha value is -2.27. The average molecular weight is 297 g/mol. The summed E-state index contributed by atoms with van der Waals surface area (Å²) in [4.78, 5) is 8.66. The molecule has 0 aliphatic rings. The highest BCUT2D eigenvalue weighted by Gasteiger charge is 2.07. The van der Waals surface area contributed by atoms with Gasteiger partial charge in [-0.3, -0.25) is 0 Å². The van der Waals surface area contributed by atoms with E-state index in [-0.39, 0.29) is 0 Å². The Morgan fingerprint density at radius 3 is 2.86 bits per heavy atom. The minimum atomic E-state index is 0.702. The van der Waals surface area contributed by atoms with Gasteiger partial charge in [-0.2, -0.15) is 0 Å². The van der Waals surface area contributed by atoms with Crippen molar-refractivity contribution in [2.45, 2.75) is 10.8 Å². The highest BCUT2D eigenvalue weighted by atomic mass is 32.2. The normalized spacial score (nSPS) is 10.7. The van der Waals surface area contributed by atoms with Crippen LogP contribution in [0.1, 0.15) is 5.56 Å². The van der Waals surface area contributed by atoms with Gasteiger partial charge in [0.2, 0.25) is 0 Å². The first-order valence-corrected chi connectivity index (χ1v) is 7.51. The molecular weight excluding hydrogens is 282 g/mol. The zero-order valence-corrected chi connectivity index (χ0v) is 12.4. The van der Waals surface area contributed by atoms with Crippen LogP contribution in [0.3, 0.4) is 0 Å². The highest BCUT2D eigenvalue weighted by Crippen LogP contribution is 2.31. The van der Waals surface area contributed by atoms with Crippen molar-refractivity contribution in [3.8, 4) is 5.75 Å². The van der Waals surface area contributed by atoms with E-state index >= 15 is 0 Å². The van der Waals surface area contributed by atoms with Crippen LogP contribution in [0.25, 0.3) is 10.9 Å². The van der Waals surface area contributed by atoms with Gasteiger partial charge in [-0.15, -0.1) is 11.8 Å². The topological polar surface area (TPSA) is 61.0 Å². The molecule has 0 unspecified atom stereocenters. The van der Waals surface area contributed by atoms with Crippen LogP contribution in [0.4, 0.5) is 5.69 Å². The summed E-state index contributed by atoms with van der Waals surface area (Å²) in [6, 6.07) is 13.7. The van der Waals surface area contributed by atoms with Gasteiger partial charge in [-0.05, 0) is 12.1 Å². The molecule has 2 aromatic carbocycles. The highest BCUT2D eigenvalue weighted by molar-refractivity contribution is 7.98. The fourth-order valence-electron chi connectivity index (χ4n) is 2.12. The van der Waals surface area contributed by atoms with Gasteiger partial charge in [0.05, 0.1) is 12.6 Å². The number of methoxy groups -OCH3 is 1. The maximum Gasteiger partial charge on any atom is 0.124 e. The van der Waals surface area contributed by atoms with Gasteiger partial charge in [0.15, 0.2) is 0 Å². The average Bonchev–Trinajstić information content (AvgIpc) is 2.53. The largest absolute Gasteiger partial charge is 0.496 e. The third-order valence-electron chi connectivity index (χ3n) is 3.18. The molecule has 0 radical (unpaired) electrons. The lowest BCUT2D eigenvalue weighted by molar-refractivity contribution is 0.411. The molecule has 0 spiro atoms. The first-order chi connectivity index (χ1) is 10.3. The lowest BCUT2D eigenvalue weighted by atomic mass is 10.2. The number of hydrogen-bond donors (Lipinski definition) is 1. The van der Waals surface area contributed by atoms with Crippen molar-refractivity contribution in [1.29, 1.82) is 0 Å². The predicted octanol–water partition coefficient (Wildman–Crippen LogP) is 3.51. The number of thioether (sulfide) groups is 1. The Labute approximate surface area is 127 Å². The summed E-state index contributed by atoms with van der Waals surface area (Å²) >= 11 is 1.67. The number of anilines is 1. The molecule has 2 N–H and O–H groups in total. The van der Waals surface area contributed by atoms with E-state index < -0.39 is 0 Å². The van der Waals surface area contributed by atoms with Crippen molar-refractivity contribution < 1.29 is 4.74 Å². The summed E-state index contributed by atoms with van der Waals surface area (Å²) in [7, 11) is 1.66. The van der Waals surface area contributed by atoms with E-state index in [1.165, 1.54) is 0 Å². The van der Waals surface area contributed by atoms with Crippen LogP contribution in [-0.4, -0.2) is 17.1 Å². The van der Waals surface area contributed by atoms with Crippen LogP contribution in [0, 0.1) is 0 Å². The summed E-state index contributed by atoms with van der Waals surface area (Å²) in [5.41, 5.74) is 8.53. The molecule has 1 heterocycles. The Morgan fingerprint density at radius 2 is 2.00 bits per heavy atom. The number of ether oxygens (including phenoxy) is 1. The van der Waals surface area contributed by atoms with Crippen LogP contribution in [0.5, 0.6) is 5.75 Å². The van der Waals surface area contributed by atoms with Gasteiger partial charge >= 0.3 is 0 Å². The van der Waals surface area contributed by atoms with Crippen molar-refractivity contribution in [3.63, 3.8) is 0 Å². The molecule has 0 fully saturated rings. The van der Waals surface area contributed by atoms with Gasteiger partial charge in [-0.25, -0.2) is 9.97 Å². The maximum atomic E-state index is 5.78. The van der Waals surface area contributed by atoms with Crippen LogP contribution < -0.4 is 10.5 Å². The predicted molar refractivity (Wildman–Crippen MR) is 86.5 cm³/mol. The van der Waals surface area contributed by atoms with Crippen molar-refractivity contribution >= 4 is 28.4 Å². The molecule has 106 valence electrons. The molecular formula is C16H15N3OS. The lowest BCUT2D eigenvalue weighted by Gasteiger charge is -2.09. The second kappa shape index (κ2) is 6.01. The van der Waals surface area contributed by atoms with E-state index in [0.29, 0.717) is 5.69 Å². The molecule has 3 aromatic rings. The van der Waals surface area contributed by atoms with E-state index in [1.54, 1.807) is 25.2 Å². The minimum Gasteiger partial charge on any atom is -0.496 e. The molecule has 0 saturated heterocycles. The number of nitrogen functional groups attached to an aromatic ring is 1. The fourth-order valence-corrected chi connectivity index (χ4v) is 3.10. The third-order valence-corrected chi connectivity index (χ3v) is 4.24. The number of nitrogens with zero attached hydrogens (tertiary/aromatic N) is 2. The number of hydrogen-bond acceptors (Lipinski definition) is 5. The van der Waals surface area contributed by atoms with Crippen molar-refractivity contribution in [1.82, 2.24) is 9.97 Å². The van der Waals surface area contributed by atoms with Gasteiger partial charge in [0.25, 0.3) is 0 Å². The number of aromatic nitrogens is 2. The molecule has 1 aromatic heterocycles. The number of benzene rings is 2. The molecule has 0 aliphatic carbocycles. The van der Waals surface area contributed by atoms with Crippen molar-refractivity contribution in [3.05, 3.63) is 54.4 Å². The molecule has 0 aliphatic heterocycles. The molecule has 4 nitrogen and oxygen atoms in total. The third kappa shape index (κ3) is 2.92. The summed E-state index contributed by atoms with van der Waals surface area (Å²) in [5.74, 6) is 1.57. The van der Waals surface area contributed by atoms with Crippen molar-refractivity contribution in [2.24, 2.45) is 0 Å². The quantitative estimate of drug-likeness (QED) is 0.453. The van der Waals surface area contributed by atoms with E-state index in [2.05, 4.69) is 9.97 Å². The Kier molecular flexibility index (Phi) is 3.92. The second-order valence-corrected chi connectivity index (χ2v) is 5.52. The zero-order chi connectivity index (χ0) is 14.7. The molecule has 0 amide bonds. The SMILES string of the molecule is COc1cc(N)ccc1CSc1ncnc2ccccc12. The minimum absolute atomic E-state index is 0.702. The molecule has 0 atom stereocenters. The summed E-state index contributed by atoms with van der Waals surface area (Å²) in [6.07, 6.45) is 1.60. The van der Waals surface area contributed by atoms with Crippen molar-refractivity contribution in [2.75, 3.05) is 12.8 Å². The maximum absolute atomic E-state index is 5.78. The van der Waals surface area contributed by atoms with Gasteiger partial charge in [0.1, 0.15) is 17.1 Å². The summed E-state index contributed by atoms with van der Waals surface area (Å²) in [5, 5.41) is 2.04. The van der Waals surface area contributed by atoms with Gasteiger partial charge in [-0.1, -0.05) is 24.3 Å². The first-order valence-electron chi connectivity index (χ1n) is 6.53. The van der Waals surface area contributed by atoms with Gasteiger partial charge in [0, 0.05) is 28.5 Å². The molecule has 0 saturated carbocycles. The smallest absolute Gasteiger partial charge is 0.124 e. The van der Waals surface area contributed by atoms with Crippen LogP contribution in [0.2, 0.25) is 0 Å². The molecule has 3 rings (SSSR count). The number of para-hydroxylation sites is 1. The van der Waals surface area contributed by atoms with E-state index in [9.17, 15) is 0 Å². The summed E-state index contributed by atoms with van der Waals surface area (Å²) < 4.78 is 5.38. The number of fused-ring (bicyclic) bond motifs is 1.